The Kier molecular flexibility index (Phi) is 2.72. The number of nitrogens with one attached hydrogen (secondary N) is 1. The molecule has 1 aromatic carbocycles. The van der Waals surface area contributed by atoms with Crippen molar-refractivity contribution in [3.05, 3.63) is 45.5 Å². The van der Waals surface area contributed by atoms with E-state index >= 15 is 0 Å². The highest BCUT2D eigenvalue weighted by Gasteiger charge is 2.08. The second-order valence-electron chi connectivity index (χ2n) is 4.11. The SMILES string of the molecule is Cc1cc(Cn2c(=S)[nH]c3ccc(Cl)cc32)no1. The van der Waals surface area contributed by atoms with Crippen LogP contribution in [0.1, 0.15) is 11.5 Å². The Morgan fingerprint density at radius 1 is 1.44 bits per heavy atom. The minimum atomic E-state index is 0.566. The third-order valence-corrected chi connectivity index (χ3v) is 3.29. The monoisotopic (exact) mass is 279 g/mol. The quantitative estimate of drug-likeness (QED) is 0.728. The molecule has 3 rings (SSSR count). The van der Waals surface area contributed by atoms with Crippen LogP contribution >= 0.6 is 23.8 Å². The number of rotatable bonds is 2. The Morgan fingerprint density at radius 3 is 3.00 bits per heavy atom. The van der Waals surface area contributed by atoms with Gasteiger partial charge in [0.1, 0.15) is 11.5 Å². The minimum Gasteiger partial charge on any atom is -0.361 e. The standard InChI is InChI=1S/C12H10ClN3OS/c1-7-4-9(15-17-7)6-16-11-5-8(13)2-3-10(11)14-12(16)18/h2-5H,6H2,1H3,(H,14,18). The fourth-order valence-corrected chi connectivity index (χ4v) is 2.38. The van der Waals surface area contributed by atoms with Crippen molar-refractivity contribution in [1.29, 1.82) is 0 Å². The lowest BCUT2D eigenvalue weighted by molar-refractivity contribution is 0.389. The Bertz CT molecular complexity index is 771. The molecule has 0 saturated heterocycles. The first-order chi connectivity index (χ1) is 8.63. The first-order valence-electron chi connectivity index (χ1n) is 5.44. The largest absolute Gasteiger partial charge is 0.361 e. The van der Waals surface area contributed by atoms with Crippen LogP contribution < -0.4 is 0 Å². The van der Waals surface area contributed by atoms with Gasteiger partial charge in [0.15, 0.2) is 4.77 Å². The molecule has 0 spiro atoms. The Balaban J connectivity index is 2.13. The second-order valence-corrected chi connectivity index (χ2v) is 4.93. The van der Waals surface area contributed by atoms with Crippen LogP contribution in [0.15, 0.2) is 28.8 Å². The van der Waals surface area contributed by atoms with Crippen molar-refractivity contribution in [2.24, 2.45) is 0 Å². The van der Waals surface area contributed by atoms with Crippen LogP contribution in [0.2, 0.25) is 5.02 Å². The van der Waals surface area contributed by atoms with E-state index in [9.17, 15) is 0 Å². The lowest BCUT2D eigenvalue weighted by Crippen LogP contribution is -1.99. The summed E-state index contributed by atoms with van der Waals surface area (Å²) in [6.45, 7) is 2.43. The van der Waals surface area contributed by atoms with Gasteiger partial charge in [0.05, 0.1) is 17.6 Å². The van der Waals surface area contributed by atoms with Crippen LogP contribution in [0.4, 0.5) is 0 Å². The first-order valence-corrected chi connectivity index (χ1v) is 6.22. The molecule has 18 heavy (non-hydrogen) atoms. The smallest absolute Gasteiger partial charge is 0.178 e. The number of nitrogens with zero attached hydrogens (tertiary/aromatic N) is 2. The van der Waals surface area contributed by atoms with Gasteiger partial charge in [-0.25, -0.2) is 0 Å². The molecule has 0 aliphatic carbocycles. The van der Waals surface area contributed by atoms with E-state index in [0.29, 0.717) is 16.3 Å². The summed E-state index contributed by atoms with van der Waals surface area (Å²) in [5.41, 5.74) is 2.77. The summed E-state index contributed by atoms with van der Waals surface area (Å²) in [5, 5.41) is 4.65. The minimum absolute atomic E-state index is 0.566. The zero-order valence-corrected chi connectivity index (χ0v) is 11.2. The third kappa shape index (κ3) is 1.95. The van der Waals surface area contributed by atoms with Crippen molar-refractivity contribution in [1.82, 2.24) is 14.7 Å². The molecule has 6 heteroatoms. The summed E-state index contributed by atoms with van der Waals surface area (Å²) in [6.07, 6.45) is 0. The number of imidazole rings is 1. The highest BCUT2D eigenvalue weighted by atomic mass is 35.5. The van der Waals surface area contributed by atoms with Crippen molar-refractivity contribution in [2.45, 2.75) is 13.5 Å². The number of hydrogen-bond acceptors (Lipinski definition) is 3. The van der Waals surface area contributed by atoms with Gasteiger partial charge in [-0.3, -0.25) is 0 Å². The molecular weight excluding hydrogens is 270 g/mol. The van der Waals surface area contributed by atoms with Crippen LogP contribution in [0.3, 0.4) is 0 Å². The maximum atomic E-state index is 6.01. The maximum absolute atomic E-state index is 6.01. The van der Waals surface area contributed by atoms with E-state index in [2.05, 4.69) is 10.1 Å². The van der Waals surface area contributed by atoms with E-state index in [1.807, 2.05) is 35.8 Å². The summed E-state index contributed by atoms with van der Waals surface area (Å²) in [6, 6.07) is 7.53. The number of halogens is 1. The zero-order chi connectivity index (χ0) is 12.7. The van der Waals surface area contributed by atoms with Gasteiger partial charge < -0.3 is 14.1 Å². The average molecular weight is 280 g/mol. The van der Waals surface area contributed by atoms with Crippen molar-refractivity contribution >= 4 is 34.9 Å². The van der Waals surface area contributed by atoms with Crippen LogP contribution in [-0.4, -0.2) is 14.7 Å². The second kappa shape index (κ2) is 4.26. The summed E-state index contributed by atoms with van der Waals surface area (Å²) in [4.78, 5) is 3.14. The Hall–Kier alpha value is -1.59. The highest BCUT2D eigenvalue weighted by molar-refractivity contribution is 7.71. The molecule has 92 valence electrons. The molecule has 0 amide bonds. The van der Waals surface area contributed by atoms with E-state index in [1.165, 1.54) is 0 Å². The molecule has 0 atom stereocenters. The van der Waals surface area contributed by atoms with Gasteiger partial charge in [0.2, 0.25) is 0 Å². The number of aromatic nitrogens is 3. The van der Waals surface area contributed by atoms with Crippen molar-refractivity contribution in [2.75, 3.05) is 0 Å². The maximum Gasteiger partial charge on any atom is 0.178 e. The predicted octanol–water partition coefficient (Wildman–Crippen LogP) is 3.70. The fourth-order valence-electron chi connectivity index (χ4n) is 1.94. The number of aromatic amines is 1. The summed E-state index contributed by atoms with van der Waals surface area (Å²) in [5.74, 6) is 0.786. The van der Waals surface area contributed by atoms with Gasteiger partial charge in [0, 0.05) is 11.1 Å². The molecule has 0 unspecified atom stereocenters. The topological polar surface area (TPSA) is 46.8 Å². The summed E-state index contributed by atoms with van der Waals surface area (Å²) < 4.78 is 7.65. The number of aryl methyl sites for hydroxylation is 1. The van der Waals surface area contributed by atoms with Gasteiger partial charge >= 0.3 is 0 Å². The average Bonchev–Trinajstić information content (AvgIpc) is 2.86. The number of hydrogen-bond donors (Lipinski definition) is 1. The lowest BCUT2D eigenvalue weighted by atomic mass is 10.3. The molecule has 2 aromatic heterocycles. The molecule has 0 radical (unpaired) electrons. The van der Waals surface area contributed by atoms with Crippen LogP contribution in [0.25, 0.3) is 11.0 Å². The van der Waals surface area contributed by atoms with Crippen molar-refractivity contribution in [3.63, 3.8) is 0 Å². The molecule has 0 aliphatic heterocycles. The molecule has 0 bridgehead atoms. The van der Waals surface area contributed by atoms with Gasteiger partial charge in [-0.15, -0.1) is 0 Å². The molecular formula is C12H10ClN3OS. The first kappa shape index (κ1) is 11.5. The summed E-state index contributed by atoms with van der Waals surface area (Å²) in [7, 11) is 0. The summed E-state index contributed by atoms with van der Waals surface area (Å²) >= 11 is 11.3. The van der Waals surface area contributed by atoms with Crippen LogP contribution in [-0.2, 0) is 6.54 Å². The number of benzene rings is 1. The van der Waals surface area contributed by atoms with Crippen molar-refractivity contribution in [3.8, 4) is 0 Å². The normalized spacial score (nSPS) is 11.2. The van der Waals surface area contributed by atoms with E-state index in [1.54, 1.807) is 0 Å². The van der Waals surface area contributed by atoms with E-state index in [0.717, 1.165) is 22.5 Å². The van der Waals surface area contributed by atoms with E-state index < -0.39 is 0 Å². The van der Waals surface area contributed by atoms with Crippen LogP contribution in [0.5, 0.6) is 0 Å². The molecule has 0 saturated carbocycles. The van der Waals surface area contributed by atoms with E-state index in [4.69, 9.17) is 28.3 Å². The van der Waals surface area contributed by atoms with Gasteiger partial charge in [-0.1, -0.05) is 16.8 Å². The Labute approximate surface area is 113 Å². The highest BCUT2D eigenvalue weighted by Crippen LogP contribution is 2.20. The molecule has 3 aromatic rings. The zero-order valence-electron chi connectivity index (χ0n) is 9.61. The fraction of sp³-hybridized carbons (Fsp3) is 0.167. The predicted molar refractivity (Wildman–Crippen MR) is 72.5 cm³/mol. The number of fused-ring (bicyclic) bond motifs is 1. The molecule has 0 aliphatic rings. The van der Waals surface area contributed by atoms with Gasteiger partial charge in [-0.05, 0) is 37.3 Å². The molecule has 4 nitrogen and oxygen atoms in total. The number of H-pyrrole nitrogens is 1. The van der Waals surface area contributed by atoms with Crippen LogP contribution in [0, 0.1) is 11.7 Å². The Morgan fingerprint density at radius 2 is 2.28 bits per heavy atom. The lowest BCUT2D eigenvalue weighted by Gasteiger charge is -2.01. The van der Waals surface area contributed by atoms with Crippen molar-refractivity contribution < 1.29 is 4.52 Å². The van der Waals surface area contributed by atoms with E-state index in [-0.39, 0.29) is 0 Å². The molecule has 1 N–H and O–H groups in total. The van der Waals surface area contributed by atoms with Gasteiger partial charge in [0.25, 0.3) is 0 Å². The van der Waals surface area contributed by atoms with Gasteiger partial charge in [-0.2, -0.15) is 0 Å². The third-order valence-electron chi connectivity index (χ3n) is 2.73. The molecule has 2 heterocycles. The molecule has 0 fully saturated rings.